The van der Waals surface area contributed by atoms with Gasteiger partial charge in [0.1, 0.15) is 4.60 Å². The molecule has 0 bridgehead atoms. The molecule has 60 valence electrons. The normalized spacial score (nSPS) is 13.0. The standard InChI is InChI=1S/C8H9Br2N/c1-6(9)4-7-2-3-8(10)11-5-7/h2-3,5-6H,4H2,1H3. The van der Waals surface area contributed by atoms with Gasteiger partial charge in [-0.1, -0.05) is 28.9 Å². The zero-order valence-electron chi connectivity index (χ0n) is 6.22. The minimum atomic E-state index is 0.519. The molecule has 0 aliphatic heterocycles. The molecule has 0 radical (unpaired) electrons. The largest absolute Gasteiger partial charge is 0.249 e. The Morgan fingerprint density at radius 2 is 2.27 bits per heavy atom. The molecule has 1 nitrogen and oxygen atoms in total. The number of hydrogen-bond acceptors (Lipinski definition) is 1. The molecular formula is C8H9Br2N. The monoisotopic (exact) mass is 277 g/mol. The Balaban J connectivity index is 2.66. The average molecular weight is 279 g/mol. The summed E-state index contributed by atoms with van der Waals surface area (Å²) in [5.74, 6) is 0. The molecule has 11 heavy (non-hydrogen) atoms. The Hall–Kier alpha value is 0.110. The van der Waals surface area contributed by atoms with Crippen molar-refractivity contribution in [2.45, 2.75) is 18.2 Å². The molecule has 0 N–H and O–H groups in total. The lowest BCUT2D eigenvalue weighted by molar-refractivity contribution is 0.947. The fraction of sp³-hybridized carbons (Fsp3) is 0.375. The van der Waals surface area contributed by atoms with E-state index in [1.54, 1.807) is 0 Å². The van der Waals surface area contributed by atoms with Crippen LogP contribution in [-0.2, 0) is 6.42 Å². The van der Waals surface area contributed by atoms with Crippen LogP contribution in [0.5, 0.6) is 0 Å². The fourth-order valence-corrected chi connectivity index (χ4v) is 1.46. The molecule has 0 saturated carbocycles. The van der Waals surface area contributed by atoms with Gasteiger partial charge in [-0.15, -0.1) is 0 Å². The van der Waals surface area contributed by atoms with Crippen LogP contribution in [0.2, 0.25) is 0 Å². The summed E-state index contributed by atoms with van der Waals surface area (Å²) in [5, 5.41) is 0. The topological polar surface area (TPSA) is 12.9 Å². The summed E-state index contributed by atoms with van der Waals surface area (Å²) < 4.78 is 0.892. The first-order chi connectivity index (χ1) is 5.18. The summed E-state index contributed by atoms with van der Waals surface area (Å²) in [4.78, 5) is 4.65. The quantitative estimate of drug-likeness (QED) is 0.598. The summed E-state index contributed by atoms with van der Waals surface area (Å²) in [6.45, 7) is 2.13. The number of nitrogens with zero attached hydrogens (tertiary/aromatic N) is 1. The second-order valence-electron chi connectivity index (χ2n) is 2.47. The molecule has 3 heteroatoms. The molecule has 0 saturated heterocycles. The van der Waals surface area contributed by atoms with Gasteiger partial charge in [0.15, 0.2) is 0 Å². The first kappa shape index (κ1) is 9.20. The van der Waals surface area contributed by atoms with E-state index in [4.69, 9.17) is 0 Å². The maximum Gasteiger partial charge on any atom is 0.106 e. The van der Waals surface area contributed by atoms with E-state index in [1.165, 1.54) is 5.56 Å². The average Bonchev–Trinajstić information content (AvgIpc) is 1.93. The number of pyridine rings is 1. The van der Waals surface area contributed by atoms with Crippen molar-refractivity contribution < 1.29 is 0 Å². The van der Waals surface area contributed by atoms with Crippen LogP contribution < -0.4 is 0 Å². The second kappa shape index (κ2) is 4.21. The Labute approximate surface area is 83.5 Å². The van der Waals surface area contributed by atoms with Crippen LogP contribution in [0, 0.1) is 0 Å². The maximum absolute atomic E-state index is 4.13. The van der Waals surface area contributed by atoms with Gasteiger partial charge in [0.25, 0.3) is 0 Å². The lowest BCUT2D eigenvalue weighted by Gasteiger charge is -2.01. The summed E-state index contributed by atoms with van der Waals surface area (Å²) in [6, 6.07) is 4.04. The minimum absolute atomic E-state index is 0.519. The van der Waals surface area contributed by atoms with Gasteiger partial charge in [0.05, 0.1) is 0 Å². The molecule has 0 spiro atoms. The van der Waals surface area contributed by atoms with Crippen molar-refractivity contribution in [3.8, 4) is 0 Å². The van der Waals surface area contributed by atoms with Crippen molar-refractivity contribution in [3.63, 3.8) is 0 Å². The predicted molar refractivity (Wildman–Crippen MR) is 54.0 cm³/mol. The Morgan fingerprint density at radius 3 is 2.73 bits per heavy atom. The molecule has 1 atom stereocenters. The molecular weight excluding hydrogens is 270 g/mol. The fourth-order valence-electron chi connectivity index (χ4n) is 0.852. The van der Waals surface area contributed by atoms with E-state index in [0.29, 0.717) is 4.83 Å². The third-order valence-electron chi connectivity index (χ3n) is 1.31. The van der Waals surface area contributed by atoms with E-state index in [2.05, 4.69) is 49.8 Å². The van der Waals surface area contributed by atoms with Gasteiger partial charge in [-0.05, 0) is 34.0 Å². The highest BCUT2D eigenvalue weighted by Crippen LogP contribution is 2.10. The van der Waals surface area contributed by atoms with Gasteiger partial charge < -0.3 is 0 Å². The number of rotatable bonds is 2. The molecule has 1 aromatic rings. The molecule has 1 heterocycles. The van der Waals surface area contributed by atoms with Gasteiger partial charge in [-0.3, -0.25) is 0 Å². The zero-order valence-corrected chi connectivity index (χ0v) is 9.39. The van der Waals surface area contributed by atoms with Crippen molar-refractivity contribution in [1.29, 1.82) is 0 Å². The van der Waals surface area contributed by atoms with E-state index >= 15 is 0 Å². The van der Waals surface area contributed by atoms with Crippen LogP contribution >= 0.6 is 31.9 Å². The van der Waals surface area contributed by atoms with Crippen molar-refractivity contribution in [1.82, 2.24) is 4.98 Å². The first-order valence-electron chi connectivity index (χ1n) is 3.43. The first-order valence-corrected chi connectivity index (χ1v) is 5.14. The van der Waals surface area contributed by atoms with E-state index < -0.39 is 0 Å². The van der Waals surface area contributed by atoms with Gasteiger partial charge in [-0.25, -0.2) is 4.98 Å². The number of aromatic nitrogens is 1. The van der Waals surface area contributed by atoms with E-state index in [-0.39, 0.29) is 0 Å². The highest BCUT2D eigenvalue weighted by molar-refractivity contribution is 9.10. The third kappa shape index (κ3) is 3.34. The zero-order chi connectivity index (χ0) is 8.27. The molecule has 0 fully saturated rings. The predicted octanol–water partition coefficient (Wildman–Crippen LogP) is 3.17. The number of alkyl halides is 1. The number of hydrogen-bond donors (Lipinski definition) is 0. The third-order valence-corrected chi connectivity index (χ3v) is 2.10. The lowest BCUT2D eigenvalue weighted by atomic mass is 10.2. The van der Waals surface area contributed by atoms with Crippen LogP contribution in [0.3, 0.4) is 0 Å². The van der Waals surface area contributed by atoms with Gasteiger partial charge in [0.2, 0.25) is 0 Å². The summed E-state index contributed by atoms with van der Waals surface area (Å²) in [6.07, 6.45) is 2.92. The van der Waals surface area contributed by atoms with Crippen molar-refractivity contribution >= 4 is 31.9 Å². The Kier molecular flexibility index (Phi) is 3.52. The molecule has 0 amide bonds. The second-order valence-corrected chi connectivity index (χ2v) is 4.85. The van der Waals surface area contributed by atoms with Gasteiger partial charge in [-0.2, -0.15) is 0 Å². The van der Waals surface area contributed by atoms with Gasteiger partial charge in [0, 0.05) is 11.0 Å². The summed E-state index contributed by atoms with van der Waals surface area (Å²) >= 11 is 6.78. The van der Waals surface area contributed by atoms with Crippen LogP contribution in [0.15, 0.2) is 22.9 Å². The van der Waals surface area contributed by atoms with Crippen LogP contribution in [0.1, 0.15) is 12.5 Å². The SMILES string of the molecule is CC(Br)Cc1ccc(Br)nc1. The highest BCUT2D eigenvalue weighted by Gasteiger charge is 1.98. The van der Waals surface area contributed by atoms with Crippen molar-refractivity contribution in [2.75, 3.05) is 0 Å². The molecule has 1 aromatic heterocycles. The van der Waals surface area contributed by atoms with E-state index in [0.717, 1.165) is 11.0 Å². The van der Waals surface area contributed by atoms with Crippen LogP contribution in [0.25, 0.3) is 0 Å². The van der Waals surface area contributed by atoms with Crippen LogP contribution in [0.4, 0.5) is 0 Å². The van der Waals surface area contributed by atoms with Crippen molar-refractivity contribution in [3.05, 3.63) is 28.5 Å². The molecule has 0 aliphatic rings. The van der Waals surface area contributed by atoms with Crippen LogP contribution in [-0.4, -0.2) is 9.81 Å². The lowest BCUT2D eigenvalue weighted by Crippen LogP contribution is -1.96. The number of halogens is 2. The minimum Gasteiger partial charge on any atom is -0.249 e. The summed E-state index contributed by atoms with van der Waals surface area (Å²) in [5.41, 5.74) is 1.26. The van der Waals surface area contributed by atoms with Gasteiger partial charge >= 0.3 is 0 Å². The van der Waals surface area contributed by atoms with E-state index in [9.17, 15) is 0 Å². The molecule has 0 aromatic carbocycles. The maximum atomic E-state index is 4.13. The van der Waals surface area contributed by atoms with Crippen molar-refractivity contribution in [2.24, 2.45) is 0 Å². The Morgan fingerprint density at radius 1 is 1.55 bits per heavy atom. The molecule has 1 unspecified atom stereocenters. The van der Waals surface area contributed by atoms with E-state index in [1.807, 2.05) is 12.3 Å². The molecule has 0 aliphatic carbocycles. The molecule has 1 rings (SSSR count). The Bertz CT molecular complexity index is 218. The smallest absolute Gasteiger partial charge is 0.106 e. The summed E-state index contributed by atoms with van der Waals surface area (Å²) in [7, 11) is 0. The highest BCUT2D eigenvalue weighted by atomic mass is 79.9.